The smallest absolute Gasteiger partial charge is 0.322 e. The summed E-state index contributed by atoms with van der Waals surface area (Å²) >= 11 is 0. The fourth-order valence-electron chi connectivity index (χ4n) is 2.15. The van der Waals surface area contributed by atoms with Crippen LogP contribution in [0.15, 0.2) is 0 Å². The first-order chi connectivity index (χ1) is 7.94. The van der Waals surface area contributed by atoms with Crippen LogP contribution in [0.5, 0.6) is 0 Å². The highest BCUT2D eigenvalue weighted by Gasteiger charge is 2.45. The molecule has 0 aromatic heterocycles. The summed E-state index contributed by atoms with van der Waals surface area (Å²) in [6.07, 6.45) is 1.78. The van der Waals surface area contributed by atoms with Gasteiger partial charge in [-0.1, -0.05) is 0 Å². The lowest BCUT2D eigenvalue weighted by Gasteiger charge is -2.20. The van der Waals surface area contributed by atoms with Gasteiger partial charge in [-0.3, -0.25) is 4.79 Å². The number of ether oxygens (including phenoxy) is 1. The van der Waals surface area contributed by atoms with Crippen molar-refractivity contribution >= 4 is 16.0 Å². The van der Waals surface area contributed by atoms with Crippen molar-refractivity contribution in [3.05, 3.63) is 0 Å². The van der Waals surface area contributed by atoms with Gasteiger partial charge in [0.2, 0.25) is 10.0 Å². The first kappa shape index (κ1) is 12.8. The molecule has 0 aromatic carbocycles. The van der Waals surface area contributed by atoms with E-state index in [2.05, 4.69) is 0 Å². The largest absolute Gasteiger partial charge is 0.480 e. The average molecular weight is 263 g/mol. The first-order valence-corrected chi connectivity index (χ1v) is 7.30. The van der Waals surface area contributed by atoms with Crippen molar-refractivity contribution in [2.45, 2.75) is 31.4 Å². The third-order valence-electron chi connectivity index (χ3n) is 3.34. The van der Waals surface area contributed by atoms with Gasteiger partial charge in [0.25, 0.3) is 0 Å². The molecule has 1 aliphatic heterocycles. The standard InChI is InChI=1S/C10H17NO5S/c1-16-8-4-9(10(12)13)11(5-8)17(14,15)6-7-2-3-7/h7-9H,2-6H2,1H3,(H,12,13). The number of rotatable bonds is 5. The van der Waals surface area contributed by atoms with Gasteiger partial charge in [0.1, 0.15) is 6.04 Å². The molecule has 0 radical (unpaired) electrons. The molecular formula is C10H17NO5S. The highest BCUT2D eigenvalue weighted by molar-refractivity contribution is 7.89. The third kappa shape index (κ3) is 2.78. The van der Waals surface area contributed by atoms with Crippen LogP contribution >= 0.6 is 0 Å². The van der Waals surface area contributed by atoms with E-state index in [-0.39, 0.29) is 30.7 Å². The SMILES string of the molecule is COC1CC(C(=O)O)N(S(=O)(=O)CC2CC2)C1. The Kier molecular flexibility index (Phi) is 3.42. The van der Waals surface area contributed by atoms with Crippen molar-refractivity contribution in [2.24, 2.45) is 5.92 Å². The molecule has 1 N–H and O–H groups in total. The zero-order valence-corrected chi connectivity index (χ0v) is 10.5. The van der Waals surface area contributed by atoms with Crippen LogP contribution in [-0.2, 0) is 19.6 Å². The zero-order chi connectivity index (χ0) is 12.6. The number of sulfonamides is 1. The molecule has 2 fully saturated rings. The molecule has 0 spiro atoms. The molecule has 2 aliphatic rings. The molecule has 17 heavy (non-hydrogen) atoms. The van der Waals surface area contributed by atoms with Gasteiger partial charge in [0.05, 0.1) is 11.9 Å². The van der Waals surface area contributed by atoms with E-state index in [1.807, 2.05) is 0 Å². The van der Waals surface area contributed by atoms with E-state index in [0.717, 1.165) is 17.1 Å². The van der Waals surface area contributed by atoms with Crippen LogP contribution < -0.4 is 0 Å². The maximum atomic E-state index is 12.1. The van der Waals surface area contributed by atoms with Crippen LogP contribution in [0.25, 0.3) is 0 Å². The number of carboxylic acid groups (broad SMARTS) is 1. The minimum atomic E-state index is -3.46. The van der Waals surface area contributed by atoms with Crippen molar-refractivity contribution in [2.75, 3.05) is 19.4 Å². The number of nitrogens with zero attached hydrogens (tertiary/aromatic N) is 1. The van der Waals surface area contributed by atoms with Crippen molar-refractivity contribution < 1.29 is 23.1 Å². The molecule has 2 unspecified atom stereocenters. The van der Waals surface area contributed by atoms with Crippen LogP contribution in [0.2, 0.25) is 0 Å². The number of methoxy groups -OCH3 is 1. The molecule has 1 saturated heterocycles. The molecule has 0 aromatic rings. The van der Waals surface area contributed by atoms with Crippen LogP contribution in [0.4, 0.5) is 0 Å². The minimum Gasteiger partial charge on any atom is -0.480 e. The summed E-state index contributed by atoms with van der Waals surface area (Å²) < 4.78 is 30.3. The van der Waals surface area contributed by atoms with Gasteiger partial charge in [-0.25, -0.2) is 8.42 Å². The molecule has 98 valence electrons. The van der Waals surface area contributed by atoms with Gasteiger partial charge in [-0.2, -0.15) is 4.31 Å². The normalized spacial score (nSPS) is 30.6. The average Bonchev–Trinajstić information content (AvgIpc) is 2.93. The fraction of sp³-hybridized carbons (Fsp3) is 0.900. The second kappa shape index (κ2) is 4.55. The first-order valence-electron chi connectivity index (χ1n) is 5.69. The summed E-state index contributed by atoms with van der Waals surface area (Å²) in [5.41, 5.74) is 0. The van der Waals surface area contributed by atoms with Crippen LogP contribution in [0.1, 0.15) is 19.3 Å². The van der Waals surface area contributed by atoms with E-state index < -0.39 is 22.0 Å². The molecule has 2 rings (SSSR count). The van der Waals surface area contributed by atoms with Crippen molar-refractivity contribution in [3.63, 3.8) is 0 Å². The van der Waals surface area contributed by atoms with Crippen LogP contribution in [0, 0.1) is 5.92 Å². The lowest BCUT2D eigenvalue weighted by molar-refractivity contribution is -0.140. The quantitative estimate of drug-likeness (QED) is 0.749. The van der Waals surface area contributed by atoms with Gasteiger partial charge in [0, 0.05) is 20.1 Å². The number of hydrogen-bond donors (Lipinski definition) is 1. The molecule has 2 atom stereocenters. The molecule has 0 bridgehead atoms. The van der Waals surface area contributed by atoms with Gasteiger partial charge in [-0.15, -0.1) is 0 Å². The zero-order valence-electron chi connectivity index (χ0n) is 9.70. The Hall–Kier alpha value is -0.660. The molecule has 0 amide bonds. The van der Waals surface area contributed by atoms with Gasteiger partial charge < -0.3 is 9.84 Å². The van der Waals surface area contributed by atoms with E-state index >= 15 is 0 Å². The summed E-state index contributed by atoms with van der Waals surface area (Å²) in [6.45, 7) is 0.155. The predicted octanol–water partition coefficient (Wildman–Crippen LogP) is -0.0999. The summed E-state index contributed by atoms with van der Waals surface area (Å²) in [5.74, 6) is -0.798. The van der Waals surface area contributed by atoms with E-state index in [9.17, 15) is 13.2 Å². The lowest BCUT2D eigenvalue weighted by Crippen LogP contribution is -2.42. The van der Waals surface area contributed by atoms with Crippen molar-refractivity contribution in [3.8, 4) is 0 Å². The molecule has 6 nitrogen and oxygen atoms in total. The van der Waals surface area contributed by atoms with Crippen molar-refractivity contribution in [1.82, 2.24) is 4.31 Å². The third-order valence-corrected chi connectivity index (χ3v) is 5.35. The topological polar surface area (TPSA) is 83.9 Å². The van der Waals surface area contributed by atoms with E-state index in [4.69, 9.17) is 9.84 Å². The number of carboxylic acids is 1. The maximum absolute atomic E-state index is 12.1. The Morgan fingerprint density at radius 3 is 2.59 bits per heavy atom. The Morgan fingerprint density at radius 1 is 1.47 bits per heavy atom. The summed E-state index contributed by atoms with van der Waals surface area (Å²) in [7, 11) is -1.99. The summed E-state index contributed by atoms with van der Waals surface area (Å²) in [4.78, 5) is 11.1. The number of aliphatic carboxylic acids is 1. The predicted molar refractivity (Wildman–Crippen MR) is 60.1 cm³/mol. The van der Waals surface area contributed by atoms with Gasteiger partial charge in [0.15, 0.2) is 0 Å². The number of hydrogen-bond acceptors (Lipinski definition) is 4. The van der Waals surface area contributed by atoms with E-state index in [1.165, 1.54) is 7.11 Å². The maximum Gasteiger partial charge on any atom is 0.322 e. The molecular weight excluding hydrogens is 246 g/mol. The Labute approximate surface area is 101 Å². The fourth-order valence-corrected chi connectivity index (χ4v) is 4.23. The monoisotopic (exact) mass is 263 g/mol. The molecule has 1 aliphatic carbocycles. The second-order valence-electron chi connectivity index (χ2n) is 4.74. The van der Waals surface area contributed by atoms with Gasteiger partial charge >= 0.3 is 5.97 Å². The lowest BCUT2D eigenvalue weighted by atomic mass is 10.2. The van der Waals surface area contributed by atoms with Gasteiger partial charge in [-0.05, 0) is 18.8 Å². The van der Waals surface area contributed by atoms with Crippen molar-refractivity contribution in [1.29, 1.82) is 0 Å². The summed E-state index contributed by atoms with van der Waals surface area (Å²) in [5, 5.41) is 9.05. The van der Waals surface area contributed by atoms with Crippen LogP contribution in [0.3, 0.4) is 0 Å². The molecule has 1 saturated carbocycles. The van der Waals surface area contributed by atoms with E-state index in [0.29, 0.717) is 0 Å². The Balaban J connectivity index is 2.13. The Bertz CT molecular complexity index is 403. The highest BCUT2D eigenvalue weighted by Crippen LogP contribution is 2.33. The highest BCUT2D eigenvalue weighted by atomic mass is 32.2. The second-order valence-corrected chi connectivity index (χ2v) is 6.71. The minimum absolute atomic E-state index is 0.0766. The molecule has 1 heterocycles. The molecule has 7 heteroatoms. The van der Waals surface area contributed by atoms with E-state index in [1.54, 1.807) is 0 Å². The summed E-state index contributed by atoms with van der Waals surface area (Å²) in [6, 6.07) is -0.969. The number of carbonyl (C=O) groups is 1. The van der Waals surface area contributed by atoms with Crippen LogP contribution in [-0.4, -0.2) is 55.4 Å². The Morgan fingerprint density at radius 2 is 2.12 bits per heavy atom.